The Morgan fingerprint density at radius 1 is 1.25 bits per heavy atom. The minimum Gasteiger partial charge on any atom is -0.376 e. The van der Waals surface area contributed by atoms with Crippen molar-refractivity contribution in [1.82, 2.24) is 20.4 Å². The topological polar surface area (TPSA) is 63.5 Å². The maximum absolute atomic E-state index is 5.99. The first-order chi connectivity index (χ1) is 11.8. The van der Waals surface area contributed by atoms with Gasteiger partial charge >= 0.3 is 0 Å². The van der Waals surface area contributed by atoms with E-state index in [0.717, 1.165) is 38.6 Å². The van der Waals surface area contributed by atoms with E-state index in [0.29, 0.717) is 6.10 Å². The van der Waals surface area contributed by atoms with Crippen molar-refractivity contribution in [3.05, 3.63) is 18.0 Å². The van der Waals surface area contributed by atoms with E-state index in [9.17, 15) is 0 Å². The molecule has 0 unspecified atom stereocenters. The number of hydrogen-bond acceptors (Lipinski definition) is 3. The van der Waals surface area contributed by atoms with Gasteiger partial charge in [-0.25, -0.2) is 0 Å². The summed E-state index contributed by atoms with van der Waals surface area (Å²) in [6.07, 6.45) is 13.2. The van der Waals surface area contributed by atoms with Crippen molar-refractivity contribution in [2.45, 2.75) is 64.5 Å². The molecule has 1 aliphatic rings. The number of nitrogens with zero attached hydrogens (tertiary/aromatic N) is 3. The first kappa shape index (κ1) is 18.8. The predicted octanol–water partition coefficient (Wildman–Crippen LogP) is 2.49. The van der Waals surface area contributed by atoms with Gasteiger partial charge in [-0.05, 0) is 31.7 Å². The molecule has 0 spiro atoms. The summed E-state index contributed by atoms with van der Waals surface area (Å²) >= 11 is 0. The Morgan fingerprint density at radius 3 is 2.67 bits per heavy atom. The summed E-state index contributed by atoms with van der Waals surface area (Å²) in [5, 5.41) is 10.9. The first-order valence-corrected chi connectivity index (χ1v) is 9.33. The van der Waals surface area contributed by atoms with E-state index in [1.54, 1.807) is 7.05 Å². The second-order valence-electron chi connectivity index (χ2n) is 6.54. The van der Waals surface area contributed by atoms with Crippen molar-refractivity contribution in [3.8, 4) is 0 Å². The van der Waals surface area contributed by atoms with Gasteiger partial charge in [0.05, 0.1) is 18.9 Å². The van der Waals surface area contributed by atoms with E-state index < -0.39 is 0 Å². The molecule has 0 radical (unpaired) electrons. The summed E-state index contributed by atoms with van der Waals surface area (Å²) in [5.41, 5.74) is 1.20. The highest BCUT2D eigenvalue weighted by Crippen LogP contribution is 2.19. The molecule has 2 rings (SSSR count). The zero-order valence-corrected chi connectivity index (χ0v) is 15.3. The molecule has 0 atom stereocenters. The van der Waals surface area contributed by atoms with Crippen LogP contribution in [0.25, 0.3) is 0 Å². The normalized spacial score (nSPS) is 16.8. The van der Waals surface area contributed by atoms with Crippen LogP contribution in [0.15, 0.2) is 17.4 Å². The molecule has 2 N–H and O–H groups in total. The smallest absolute Gasteiger partial charge is 0.191 e. The summed E-state index contributed by atoms with van der Waals surface area (Å²) in [6, 6.07) is 0. The van der Waals surface area contributed by atoms with Crippen LogP contribution in [0.1, 0.15) is 50.5 Å². The lowest BCUT2D eigenvalue weighted by atomic mass is 10.1. The van der Waals surface area contributed by atoms with Crippen LogP contribution in [-0.4, -0.2) is 48.6 Å². The summed E-state index contributed by atoms with van der Waals surface area (Å²) in [6.45, 7) is 5.40. The number of guanidine groups is 1. The minimum absolute atomic E-state index is 0.460. The molecule has 1 aromatic rings. The van der Waals surface area contributed by atoms with Crippen LogP contribution in [0, 0.1) is 6.92 Å². The van der Waals surface area contributed by atoms with Crippen LogP contribution < -0.4 is 10.6 Å². The summed E-state index contributed by atoms with van der Waals surface area (Å²) in [7, 11) is 1.80. The number of aromatic nitrogens is 2. The molecule has 0 saturated heterocycles. The average Bonchev–Trinajstić information content (AvgIpc) is 2.84. The van der Waals surface area contributed by atoms with Crippen LogP contribution in [-0.2, 0) is 11.3 Å². The molecule has 1 fully saturated rings. The molecule has 0 amide bonds. The molecule has 1 saturated carbocycles. The molecule has 24 heavy (non-hydrogen) atoms. The Bertz CT molecular complexity index is 478. The van der Waals surface area contributed by atoms with E-state index >= 15 is 0 Å². The van der Waals surface area contributed by atoms with Gasteiger partial charge in [0.15, 0.2) is 5.96 Å². The van der Waals surface area contributed by atoms with Crippen LogP contribution in [0.3, 0.4) is 0 Å². The Morgan fingerprint density at radius 2 is 2.00 bits per heavy atom. The predicted molar refractivity (Wildman–Crippen MR) is 98.4 cm³/mol. The van der Waals surface area contributed by atoms with Gasteiger partial charge in [0.2, 0.25) is 0 Å². The average molecular weight is 335 g/mol. The third-order valence-electron chi connectivity index (χ3n) is 4.39. The highest BCUT2D eigenvalue weighted by molar-refractivity contribution is 5.79. The van der Waals surface area contributed by atoms with E-state index in [-0.39, 0.29) is 0 Å². The van der Waals surface area contributed by atoms with Crippen molar-refractivity contribution in [1.29, 1.82) is 0 Å². The number of ether oxygens (including phenoxy) is 1. The van der Waals surface area contributed by atoms with Gasteiger partial charge in [0.1, 0.15) is 0 Å². The Hall–Kier alpha value is -1.56. The number of hydrogen-bond donors (Lipinski definition) is 2. The lowest BCUT2D eigenvalue weighted by molar-refractivity contribution is 0.0468. The molecular weight excluding hydrogens is 302 g/mol. The second kappa shape index (κ2) is 11.1. The number of aliphatic imine (C=N–C) groups is 1. The molecule has 136 valence electrons. The van der Waals surface area contributed by atoms with E-state index in [1.807, 2.05) is 10.9 Å². The molecule has 0 aromatic carbocycles. The van der Waals surface area contributed by atoms with Crippen LogP contribution >= 0.6 is 0 Å². The van der Waals surface area contributed by atoms with Gasteiger partial charge in [-0.1, -0.05) is 25.7 Å². The maximum Gasteiger partial charge on any atom is 0.191 e. The first-order valence-electron chi connectivity index (χ1n) is 9.33. The molecule has 1 heterocycles. The van der Waals surface area contributed by atoms with Crippen LogP contribution in [0.2, 0.25) is 0 Å². The Labute approximate surface area is 146 Å². The van der Waals surface area contributed by atoms with Gasteiger partial charge in [-0.2, -0.15) is 5.10 Å². The Kier molecular flexibility index (Phi) is 8.66. The highest BCUT2D eigenvalue weighted by Gasteiger charge is 2.12. The van der Waals surface area contributed by atoms with Gasteiger partial charge < -0.3 is 15.4 Å². The Balaban J connectivity index is 1.52. The van der Waals surface area contributed by atoms with Crippen molar-refractivity contribution in [2.75, 3.05) is 26.7 Å². The fourth-order valence-corrected chi connectivity index (χ4v) is 3.06. The highest BCUT2D eigenvalue weighted by atomic mass is 16.5. The SMILES string of the molecule is CN=C(NCCCn1cc(C)cn1)NCCOC1CCCCCC1. The zero-order valence-electron chi connectivity index (χ0n) is 15.3. The van der Waals surface area contributed by atoms with E-state index in [2.05, 4.69) is 33.8 Å². The number of aryl methyl sites for hydroxylation is 2. The largest absolute Gasteiger partial charge is 0.376 e. The van der Waals surface area contributed by atoms with Crippen molar-refractivity contribution >= 4 is 5.96 Å². The fraction of sp³-hybridized carbons (Fsp3) is 0.778. The van der Waals surface area contributed by atoms with Crippen molar-refractivity contribution in [2.24, 2.45) is 4.99 Å². The molecular formula is C18H33N5O. The van der Waals surface area contributed by atoms with Crippen LogP contribution in [0.4, 0.5) is 0 Å². The molecule has 1 aliphatic carbocycles. The lowest BCUT2D eigenvalue weighted by Crippen LogP contribution is -2.39. The second-order valence-corrected chi connectivity index (χ2v) is 6.54. The monoisotopic (exact) mass is 335 g/mol. The van der Waals surface area contributed by atoms with Crippen molar-refractivity contribution in [3.63, 3.8) is 0 Å². The molecule has 0 bridgehead atoms. The molecule has 6 nitrogen and oxygen atoms in total. The summed E-state index contributed by atoms with van der Waals surface area (Å²) in [4.78, 5) is 4.25. The lowest BCUT2D eigenvalue weighted by Gasteiger charge is -2.16. The summed E-state index contributed by atoms with van der Waals surface area (Å²) < 4.78 is 7.97. The molecule has 1 aromatic heterocycles. The van der Waals surface area contributed by atoms with Gasteiger partial charge in [-0.3, -0.25) is 9.67 Å². The fourth-order valence-electron chi connectivity index (χ4n) is 3.06. The number of rotatable bonds is 8. The quantitative estimate of drug-likeness (QED) is 0.332. The van der Waals surface area contributed by atoms with Crippen LogP contribution in [0.5, 0.6) is 0 Å². The van der Waals surface area contributed by atoms with E-state index in [4.69, 9.17) is 4.74 Å². The van der Waals surface area contributed by atoms with Crippen molar-refractivity contribution < 1.29 is 4.74 Å². The summed E-state index contributed by atoms with van der Waals surface area (Å²) in [5.74, 6) is 0.844. The minimum atomic E-state index is 0.460. The zero-order chi connectivity index (χ0) is 17.0. The maximum atomic E-state index is 5.99. The van der Waals surface area contributed by atoms with Gasteiger partial charge in [0.25, 0.3) is 0 Å². The van der Waals surface area contributed by atoms with Gasteiger partial charge in [-0.15, -0.1) is 0 Å². The molecule has 6 heteroatoms. The third-order valence-corrected chi connectivity index (χ3v) is 4.39. The third kappa shape index (κ3) is 7.34. The van der Waals surface area contributed by atoms with Gasteiger partial charge in [0, 0.05) is 32.9 Å². The molecule has 0 aliphatic heterocycles. The standard InChI is InChI=1S/C18H33N5O/c1-16-14-22-23(15-16)12-7-10-20-18(19-2)21-11-13-24-17-8-5-3-4-6-9-17/h14-15,17H,3-13H2,1-2H3,(H2,19,20,21). The van der Waals surface area contributed by atoms with E-state index in [1.165, 1.54) is 44.1 Å². The number of nitrogens with one attached hydrogen (secondary N) is 2.